The lowest BCUT2D eigenvalue weighted by Gasteiger charge is -2.40. The zero-order valence-corrected chi connectivity index (χ0v) is 12.3. The van der Waals surface area contributed by atoms with Gasteiger partial charge in [0, 0.05) is 26.2 Å². The molecule has 2 atom stereocenters. The highest BCUT2D eigenvalue weighted by molar-refractivity contribution is 4.85. The van der Waals surface area contributed by atoms with Crippen molar-refractivity contribution in [2.75, 3.05) is 40.4 Å². The molecule has 0 aromatic heterocycles. The van der Waals surface area contributed by atoms with Crippen LogP contribution in [-0.4, -0.2) is 51.3 Å². The van der Waals surface area contributed by atoms with Crippen LogP contribution in [0, 0.1) is 11.3 Å². The van der Waals surface area contributed by atoms with E-state index < -0.39 is 0 Å². The van der Waals surface area contributed by atoms with Crippen molar-refractivity contribution in [2.24, 2.45) is 11.3 Å². The van der Waals surface area contributed by atoms with Gasteiger partial charge in [0.2, 0.25) is 0 Å². The Balaban J connectivity index is 2.45. The largest absolute Gasteiger partial charge is 0.384 e. The number of piperidine rings is 1. The summed E-state index contributed by atoms with van der Waals surface area (Å²) < 4.78 is 5.29. The van der Waals surface area contributed by atoms with Crippen molar-refractivity contribution in [3.8, 4) is 0 Å². The van der Waals surface area contributed by atoms with Gasteiger partial charge in [0.25, 0.3) is 0 Å². The molecule has 0 spiro atoms. The summed E-state index contributed by atoms with van der Waals surface area (Å²) in [5, 5.41) is 3.38. The number of ether oxygens (including phenoxy) is 1. The minimum atomic E-state index is 0.323. The van der Waals surface area contributed by atoms with E-state index in [-0.39, 0.29) is 0 Å². The molecule has 17 heavy (non-hydrogen) atoms. The van der Waals surface area contributed by atoms with E-state index in [0.29, 0.717) is 11.5 Å². The molecule has 102 valence electrons. The van der Waals surface area contributed by atoms with Crippen molar-refractivity contribution in [3.05, 3.63) is 0 Å². The summed E-state index contributed by atoms with van der Waals surface area (Å²) in [6, 6.07) is 0.547. The predicted molar refractivity (Wildman–Crippen MR) is 73.3 cm³/mol. The van der Waals surface area contributed by atoms with Crippen LogP contribution < -0.4 is 5.32 Å². The van der Waals surface area contributed by atoms with E-state index in [0.717, 1.165) is 12.5 Å². The summed E-state index contributed by atoms with van der Waals surface area (Å²) in [6.07, 6.45) is 2.64. The number of hydrogen-bond donors (Lipinski definition) is 1. The molecule has 3 heteroatoms. The summed E-state index contributed by atoms with van der Waals surface area (Å²) in [5.74, 6) is 0.731. The summed E-state index contributed by atoms with van der Waals surface area (Å²) in [6.45, 7) is 11.5. The van der Waals surface area contributed by atoms with Gasteiger partial charge in [-0.15, -0.1) is 0 Å². The van der Waals surface area contributed by atoms with Gasteiger partial charge < -0.3 is 15.0 Å². The lowest BCUT2D eigenvalue weighted by atomic mass is 9.84. The van der Waals surface area contributed by atoms with E-state index in [1.807, 2.05) is 7.11 Å². The van der Waals surface area contributed by atoms with Crippen molar-refractivity contribution in [2.45, 2.75) is 39.7 Å². The van der Waals surface area contributed by atoms with Crippen LogP contribution in [0.4, 0.5) is 0 Å². The molecule has 0 aliphatic carbocycles. The lowest BCUT2D eigenvalue weighted by molar-refractivity contribution is 0.0630. The second-order valence-corrected chi connectivity index (χ2v) is 6.20. The minimum absolute atomic E-state index is 0.323. The summed E-state index contributed by atoms with van der Waals surface area (Å²) >= 11 is 0. The van der Waals surface area contributed by atoms with Crippen molar-refractivity contribution < 1.29 is 4.74 Å². The molecule has 2 unspecified atom stereocenters. The molecule has 0 radical (unpaired) electrons. The number of nitrogens with zero attached hydrogens (tertiary/aromatic N) is 1. The molecule has 1 N–H and O–H groups in total. The molecule has 0 amide bonds. The third-order valence-electron chi connectivity index (χ3n) is 4.24. The number of likely N-dealkylation sites (tertiary alicyclic amines) is 1. The summed E-state index contributed by atoms with van der Waals surface area (Å²) in [4.78, 5) is 2.61. The molecular formula is C14H30N2O. The topological polar surface area (TPSA) is 24.5 Å². The summed E-state index contributed by atoms with van der Waals surface area (Å²) in [5.41, 5.74) is 0.323. The minimum Gasteiger partial charge on any atom is -0.384 e. The van der Waals surface area contributed by atoms with Crippen LogP contribution >= 0.6 is 0 Å². The second kappa shape index (κ2) is 6.72. The Hall–Kier alpha value is -0.120. The third kappa shape index (κ3) is 4.57. The highest BCUT2D eigenvalue weighted by atomic mass is 16.5. The van der Waals surface area contributed by atoms with Gasteiger partial charge >= 0.3 is 0 Å². The van der Waals surface area contributed by atoms with Gasteiger partial charge in [0.05, 0.1) is 6.61 Å². The number of nitrogens with one attached hydrogen (secondary N) is 1. The highest BCUT2D eigenvalue weighted by Gasteiger charge is 2.29. The first-order valence-corrected chi connectivity index (χ1v) is 6.88. The van der Waals surface area contributed by atoms with E-state index in [2.05, 4.69) is 38.0 Å². The van der Waals surface area contributed by atoms with Crippen molar-refractivity contribution in [3.63, 3.8) is 0 Å². The smallest absolute Gasteiger partial charge is 0.0502 e. The fourth-order valence-electron chi connectivity index (χ4n) is 2.77. The fourth-order valence-corrected chi connectivity index (χ4v) is 2.77. The van der Waals surface area contributed by atoms with Gasteiger partial charge in [-0.25, -0.2) is 0 Å². The first kappa shape index (κ1) is 14.9. The Bertz CT molecular complexity index is 216. The average molecular weight is 242 g/mol. The van der Waals surface area contributed by atoms with Crippen LogP contribution in [-0.2, 0) is 4.74 Å². The highest BCUT2D eigenvalue weighted by Crippen LogP contribution is 2.25. The zero-order valence-electron chi connectivity index (χ0n) is 12.3. The van der Waals surface area contributed by atoms with Crippen LogP contribution in [0.1, 0.15) is 33.6 Å². The van der Waals surface area contributed by atoms with Gasteiger partial charge in [0.1, 0.15) is 0 Å². The molecule has 1 heterocycles. The van der Waals surface area contributed by atoms with E-state index in [9.17, 15) is 0 Å². The van der Waals surface area contributed by atoms with Crippen LogP contribution in [0.5, 0.6) is 0 Å². The molecule has 1 aliphatic heterocycles. The normalized spacial score (nSPS) is 24.9. The molecule has 1 aliphatic rings. The molecule has 0 bridgehead atoms. The molecule has 1 saturated heterocycles. The molecular weight excluding hydrogens is 212 g/mol. The van der Waals surface area contributed by atoms with E-state index in [4.69, 9.17) is 4.74 Å². The molecule has 1 rings (SSSR count). The van der Waals surface area contributed by atoms with Crippen LogP contribution in [0.15, 0.2) is 0 Å². The summed E-state index contributed by atoms with van der Waals surface area (Å²) in [7, 11) is 3.86. The average Bonchev–Trinajstić information content (AvgIpc) is 2.28. The predicted octanol–water partition coefficient (Wildman–Crippen LogP) is 1.98. The third-order valence-corrected chi connectivity index (χ3v) is 4.24. The van der Waals surface area contributed by atoms with Crippen LogP contribution in [0.25, 0.3) is 0 Å². The number of rotatable bonds is 6. The van der Waals surface area contributed by atoms with E-state index in [1.54, 1.807) is 0 Å². The fraction of sp³-hybridized carbons (Fsp3) is 1.00. The Morgan fingerprint density at radius 3 is 2.76 bits per heavy atom. The standard InChI is InChI=1S/C14H30N2O/c1-12(15-4)14(2,3)11-16-8-6-7-13(9-16)10-17-5/h12-13,15H,6-11H2,1-5H3. The maximum atomic E-state index is 5.29. The van der Waals surface area contributed by atoms with Gasteiger partial charge in [-0.1, -0.05) is 13.8 Å². The first-order valence-electron chi connectivity index (χ1n) is 6.88. The first-order chi connectivity index (χ1) is 7.99. The monoisotopic (exact) mass is 242 g/mol. The number of hydrogen-bond acceptors (Lipinski definition) is 3. The second-order valence-electron chi connectivity index (χ2n) is 6.20. The molecule has 1 fully saturated rings. The SMILES string of the molecule is CNC(C)C(C)(C)CN1CCCC(COC)C1. The molecule has 0 aromatic rings. The molecule has 0 aromatic carbocycles. The molecule has 3 nitrogen and oxygen atoms in total. The molecule has 0 saturated carbocycles. The maximum Gasteiger partial charge on any atom is 0.0502 e. The maximum absolute atomic E-state index is 5.29. The van der Waals surface area contributed by atoms with Crippen LogP contribution in [0.3, 0.4) is 0 Å². The van der Waals surface area contributed by atoms with E-state index in [1.165, 1.54) is 32.5 Å². The van der Waals surface area contributed by atoms with E-state index >= 15 is 0 Å². The van der Waals surface area contributed by atoms with Crippen molar-refractivity contribution in [1.29, 1.82) is 0 Å². The number of methoxy groups -OCH3 is 1. The lowest BCUT2D eigenvalue weighted by Crippen LogP contribution is -2.48. The van der Waals surface area contributed by atoms with Crippen LogP contribution in [0.2, 0.25) is 0 Å². The zero-order chi connectivity index (χ0) is 12.9. The van der Waals surface area contributed by atoms with Gasteiger partial charge in [0.15, 0.2) is 0 Å². The van der Waals surface area contributed by atoms with Gasteiger partial charge in [-0.05, 0) is 44.7 Å². The van der Waals surface area contributed by atoms with Gasteiger partial charge in [-0.2, -0.15) is 0 Å². The van der Waals surface area contributed by atoms with Gasteiger partial charge in [-0.3, -0.25) is 0 Å². The Morgan fingerprint density at radius 1 is 1.47 bits per heavy atom. The Kier molecular flexibility index (Phi) is 5.90. The van der Waals surface area contributed by atoms with Crippen molar-refractivity contribution in [1.82, 2.24) is 10.2 Å². The van der Waals surface area contributed by atoms with Crippen molar-refractivity contribution >= 4 is 0 Å². The Labute approximate surface area is 107 Å². The quantitative estimate of drug-likeness (QED) is 0.771. The Morgan fingerprint density at radius 2 is 2.18 bits per heavy atom.